The molecule has 26 rings (SSSR count). The highest BCUT2D eigenvalue weighted by Crippen LogP contribution is 2.48. The van der Waals surface area contributed by atoms with Gasteiger partial charge in [0.2, 0.25) is 0 Å². The van der Waals surface area contributed by atoms with Crippen LogP contribution < -0.4 is 0 Å². The Kier molecular flexibility index (Phi) is 17.2. The lowest BCUT2D eigenvalue weighted by Gasteiger charge is -2.11. The van der Waals surface area contributed by atoms with Gasteiger partial charge in [-0.25, -0.2) is 0 Å². The molecule has 8 nitrogen and oxygen atoms in total. The van der Waals surface area contributed by atoms with E-state index in [2.05, 4.69) is 383 Å². The fourth-order valence-electron chi connectivity index (χ4n) is 19.3. The zero-order valence-corrected chi connectivity index (χ0v) is 69.5. The molecule has 0 saturated heterocycles. The number of hydrogen-bond acceptors (Lipinski definition) is 7. The second-order valence-corrected chi connectivity index (χ2v) is 34.5. The van der Waals surface area contributed by atoms with E-state index in [4.69, 9.17) is 19.4 Å². The van der Waals surface area contributed by atoms with Crippen molar-refractivity contribution in [3.8, 4) is 118 Å². The Bertz CT molecular complexity index is 8710. The summed E-state index contributed by atoms with van der Waals surface area (Å²) in [7, 11) is 0. The summed E-state index contributed by atoms with van der Waals surface area (Å²) in [6.07, 6.45) is 7.44. The summed E-state index contributed by atoms with van der Waals surface area (Å²) >= 11 is 3.71. The molecule has 588 valence electrons. The van der Waals surface area contributed by atoms with Gasteiger partial charge in [-0.2, -0.15) is 0 Å². The standard InChI is InChI=1S/C64H40N4S.C52H31N3OS/c1-2-14-45(15-3-1)67-59-23-9-8-20-51(59)52-36-41(24-29-60(52)67)42-27-32-63-55(37-42)56-40-46(28-33-64(56)69-63)68-61-30-25-43(47-16-4-6-18-49(47)57-21-10-12-34-65-57)38-53(61)54-39-44(26-31-62(54)68)48-17-5-7-19-50(48)58-22-11-13-35-66-58;1-2-10-38(46-13-6-8-26-54-46)37(9-1)34-16-21-48-41(29-34)40-27-32(15-20-47(40)55(48)36-19-24-52-44(31-36)39-11-3-4-14-51(39)57-52)33-17-22-49-42(28-33)43-30-35(18-23-50(43)56-49)45-12-5-7-25-53-45/h1-40H;1-31H. The monoisotopic (exact) mass is 1640 g/mol. The Hall–Kier alpha value is -16.2. The van der Waals surface area contributed by atoms with Crippen molar-refractivity contribution in [3.05, 3.63) is 431 Å². The Morgan fingerprint density at radius 3 is 0.944 bits per heavy atom. The summed E-state index contributed by atoms with van der Waals surface area (Å²) in [6.45, 7) is 0. The van der Waals surface area contributed by atoms with Crippen LogP contribution in [0, 0.1) is 0 Å². The first-order chi connectivity index (χ1) is 62.4. The smallest absolute Gasteiger partial charge is 0.135 e. The lowest BCUT2D eigenvalue weighted by atomic mass is 9.94. The molecular weight excluding hydrogens is 1570 g/mol. The van der Waals surface area contributed by atoms with Gasteiger partial charge in [0.1, 0.15) is 11.2 Å². The lowest BCUT2D eigenvalue weighted by molar-refractivity contribution is 0.669. The minimum Gasteiger partial charge on any atom is -0.456 e. The normalized spacial score (nSPS) is 11.8. The highest BCUT2D eigenvalue weighted by molar-refractivity contribution is 7.26. The Labute approximate surface area is 732 Å². The average Bonchev–Trinajstić information content (AvgIpc) is 1.57. The van der Waals surface area contributed by atoms with Crippen LogP contribution >= 0.6 is 22.7 Å². The van der Waals surface area contributed by atoms with Gasteiger partial charge in [0.05, 0.1) is 55.9 Å². The van der Waals surface area contributed by atoms with Gasteiger partial charge in [-0.15, -0.1) is 22.7 Å². The highest BCUT2D eigenvalue weighted by atomic mass is 32.1. The molecule has 0 N–H and O–H groups in total. The number of para-hydroxylation sites is 2. The predicted molar refractivity (Wildman–Crippen MR) is 529 cm³/mol. The second-order valence-electron chi connectivity index (χ2n) is 32.3. The fraction of sp³-hybridized carbons (Fsp3) is 0. The average molecular weight is 1640 g/mol. The van der Waals surface area contributed by atoms with E-state index in [0.717, 1.165) is 139 Å². The number of nitrogens with zero attached hydrogens (tertiary/aromatic N) is 7. The minimum absolute atomic E-state index is 0.870. The fourth-order valence-corrected chi connectivity index (χ4v) is 21.5. The first-order valence-corrected chi connectivity index (χ1v) is 44.1. The summed E-state index contributed by atoms with van der Waals surface area (Å²) in [5.74, 6) is 0. The third-order valence-corrected chi connectivity index (χ3v) is 27.5. The van der Waals surface area contributed by atoms with Crippen LogP contribution in [0.15, 0.2) is 436 Å². The number of thiophene rings is 2. The van der Waals surface area contributed by atoms with Gasteiger partial charge in [-0.3, -0.25) is 19.9 Å². The molecule has 0 spiro atoms. The molecule has 26 aromatic rings. The van der Waals surface area contributed by atoms with Crippen molar-refractivity contribution in [2.75, 3.05) is 0 Å². The van der Waals surface area contributed by atoms with E-state index >= 15 is 0 Å². The van der Waals surface area contributed by atoms with E-state index in [1.165, 1.54) is 106 Å². The van der Waals surface area contributed by atoms with E-state index < -0.39 is 0 Å². The quantitative estimate of drug-likeness (QED) is 0.122. The number of aromatic nitrogens is 7. The van der Waals surface area contributed by atoms with Crippen LogP contribution in [0.3, 0.4) is 0 Å². The van der Waals surface area contributed by atoms with Gasteiger partial charge in [0.15, 0.2) is 0 Å². The zero-order chi connectivity index (χ0) is 82.9. The van der Waals surface area contributed by atoms with Crippen LogP contribution in [-0.4, -0.2) is 33.6 Å². The number of furan rings is 1. The summed E-state index contributed by atoms with van der Waals surface area (Å²) in [5.41, 5.74) is 32.1. The van der Waals surface area contributed by atoms with Crippen LogP contribution in [0.25, 0.3) is 245 Å². The van der Waals surface area contributed by atoms with Crippen molar-refractivity contribution in [3.63, 3.8) is 0 Å². The molecule has 0 saturated carbocycles. The Balaban J connectivity index is 0.000000140. The molecule has 0 fully saturated rings. The molecule has 16 aromatic carbocycles. The minimum atomic E-state index is 0.870. The van der Waals surface area contributed by atoms with E-state index in [1.54, 1.807) is 0 Å². The van der Waals surface area contributed by atoms with E-state index in [9.17, 15) is 0 Å². The van der Waals surface area contributed by atoms with Crippen LogP contribution in [-0.2, 0) is 0 Å². The van der Waals surface area contributed by atoms with Crippen molar-refractivity contribution in [1.29, 1.82) is 0 Å². The third-order valence-electron chi connectivity index (χ3n) is 25.2. The van der Waals surface area contributed by atoms with Crippen LogP contribution in [0.1, 0.15) is 0 Å². The second kappa shape index (κ2) is 29.8. The maximum atomic E-state index is 6.34. The van der Waals surface area contributed by atoms with E-state index in [-0.39, 0.29) is 0 Å². The van der Waals surface area contributed by atoms with Crippen molar-refractivity contribution in [2.24, 2.45) is 0 Å². The van der Waals surface area contributed by atoms with Crippen molar-refractivity contribution >= 4 is 150 Å². The molecular formula is C116H71N7OS2. The molecule has 0 aliphatic heterocycles. The molecule has 0 aliphatic rings. The number of fused-ring (bicyclic) bond motifs is 18. The number of pyridine rings is 4. The molecule has 0 bridgehead atoms. The van der Waals surface area contributed by atoms with Gasteiger partial charge < -0.3 is 18.1 Å². The molecule has 0 unspecified atom stereocenters. The third kappa shape index (κ3) is 12.2. The van der Waals surface area contributed by atoms with Crippen molar-refractivity contribution in [2.45, 2.75) is 0 Å². The Morgan fingerprint density at radius 1 is 0.175 bits per heavy atom. The van der Waals surface area contributed by atoms with Crippen LogP contribution in [0.5, 0.6) is 0 Å². The molecule has 0 aliphatic carbocycles. The number of hydrogen-bond donors (Lipinski definition) is 0. The van der Waals surface area contributed by atoms with Crippen molar-refractivity contribution in [1.82, 2.24) is 33.6 Å². The SMILES string of the molecule is c1ccc(-c2ccc3oc4ccc(-c5ccc6c(c5)c5cc(-c7ccccc7-c7ccccn7)ccc5n6-c5ccc6sc7ccccc7c6c5)cc4c3c2)nc1.c1ccc(-n2c3ccccc3c3cc(-c4ccc5sc6ccc(-n7c8ccc(-c9ccccc9-c9ccccn9)cc8c8cc(-c9ccccc9-c9ccccn9)ccc87)cc6c5c4)ccc32)cc1. The summed E-state index contributed by atoms with van der Waals surface area (Å²) < 4.78 is 18.8. The summed E-state index contributed by atoms with van der Waals surface area (Å²) in [4.78, 5) is 18.8. The molecule has 10 heteroatoms. The molecule has 10 aromatic heterocycles. The Morgan fingerprint density at radius 2 is 0.476 bits per heavy atom. The molecule has 0 atom stereocenters. The first kappa shape index (κ1) is 72.6. The highest BCUT2D eigenvalue weighted by Gasteiger charge is 2.24. The zero-order valence-electron chi connectivity index (χ0n) is 67.8. The van der Waals surface area contributed by atoms with Crippen molar-refractivity contribution < 1.29 is 4.42 Å². The molecule has 0 amide bonds. The summed E-state index contributed by atoms with van der Waals surface area (Å²) in [5, 5.41) is 14.6. The van der Waals surface area contributed by atoms with E-state index in [1.807, 2.05) is 89.9 Å². The number of benzene rings is 16. The maximum absolute atomic E-state index is 6.34. The van der Waals surface area contributed by atoms with Crippen LogP contribution in [0.2, 0.25) is 0 Å². The molecule has 10 heterocycles. The molecule has 0 radical (unpaired) electrons. The van der Waals surface area contributed by atoms with Gasteiger partial charge in [0.25, 0.3) is 0 Å². The largest absolute Gasteiger partial charge is 0.456 e. The van der Waals surface area contributed by atoms with E-state index in [0.29, 0.717) is 0 Å². The van der Waals surface area contributed by atoms with Gasteiger partial charge in [-0.05, 0) is 268 Å². The van der Waals surface area contributed by atoms with Crippen LogP contribution in [0.4, 0.5) is 0 Å². The summed E-state index contributed by atoms with van der Waals surface area (Å²) in [6, 6.07) is 147. The molecule has 126 heavy (non-hydrogen) atoms. The number of rotatable bonds is 12. The lowest BCUT2D eigenvalue weighted by Crippen LogP contribution is -1.94. The predicted octanol–water partition coefficient (Wildman–Crippen LogP) is 31.9. The van der Waals surface area contributed by atoms with Gasteiger partial charge in [0, 0.05) is 148 Å². The maximum Gasteiger partial charge on any atom is 0.135 e. The van der Waals surface area contributed by atoms with Gasteiger partial charge in [-0.1, -0.05) is 194 Å². The first-order valence-electron chi connectivity index (χ1n) is 42.5. The van der Waals surface area contributed by atoms with Gasteiger partial charge >= 0.3 is 0 Å². The topological polar surface area (TPSA) is 79.5 Å².